The van der Waals surface area contributed by atoms with Gasteiger partial charge in [0.05, 0.1) is 25.2 Å². The van der Waals surface area contributed by atoms with Crippen molar-refractivity contribution in [3.63, 3.8) is 0 Å². The molecule has 0 amide bonds. The van der Waals surface area contributed by atoms with Crippen LogP contribution in [0.4, 0.5) is 15.9 Å². The Hall–Kier alpha value is -1.95. The molecule has 0 atom stereocenters. The first-order valence-corrected chi connectivity index (χ1v) is 5.02. The molecule has 0 aliphatic rings. The van der Waals surface area contributed by atoms with Crippen LogP contribution in [0.15, 0.2) is 24.5 Å². The van der Waals surface area contributed by atoms with E-state index in [2.05, 4.69) is 20.3 Å². The lowest BCUT2D eigenvalue weighted by Crippen LogP contribution is -1.99. The van der Waals surface area contributed by atoms with Gasteiger partial charge in [0.1, 0.15) is 0 Å². The number of nitrogens with zero attached hydrogens (tertiary/aromatic N) is 3. The molecule has 2 heterocycles. The summed E-state index contributed by atoms with van der Waals surface area (Å²) < 4.78 is 18.2. The molecule has 1 N–H and O–H groups in total. The molecule has 0 saturated heterocycles. The van der Waals surface area contributed by atoms with Gasteiger partial charge >= 0.3 is 0 Å². The molecule has 7 heteroatoms. The lowest BCUT2D eigenvalue weighted by molar-refractivity contribution is 0.398. The van der Waals surface area contributed by atoms with Crippen LogP contribution in [0, 0.1) is 5.82 Å². The predicted octanol–water partition coefficient (Wildman–Crippen LogP) is 2.42. The average Bonchev–Trinajstić information content (AvgIpc) is 2.35. The van der Waals surface area contributed by atoms with E-state index in [9.17, 15) is 4.39 Å². The molecule has 0 aromatic carbocycles. The highest BCUT2D eigenvalue weighted by Gasteiger charge is 2.06. The molecular formula is C10H8ClFN4O. The van der Waals surface area contributed by atoms with Gasteiger partial charge in [-0.1, -0.05) is 0 Å². The summed E-state index contributed by atoms with van der Waals surface area (Å²) in [5.74, 6) is -0.126. The van der Waals surface area contributed by atoms with Gasteiger partial charge in [-0.15, -0.1) is 0 Å². The number of rotatable bonds is 3. The van der Waals surface area contributed by atoms with E-state index in [1.54, 1.807) is 12.1 Å². The van der Waals surface area contributed by atoms with Crippen LogP contribution in [0.25, 0.3) is 0 Å². The second-order valence-electron chi connectivity index (χ2n) is 3.05. The smallest absolute Gasteiger partial charge is 0.224 e. The number of aromatic nitrogens is 3. The largest absolute Gasteiger partial charge is 0.481 e. The molecule has 0 bridgehead atoms. The minimum absolute atomic E-state index is 0.00281. The van der Waals surface area contributed by atoms with Crippen LogP contribution < -0.4 is 10.1 Å². The maximum atomic E-state index is 13.3. The summed E-state index contributed by atoms with van der Waals surface area (Å²) in [6.07, 6.45) is 2.49. The van der Waals surface area contributed by atoms with Crippen molar-refractivity contribution >= 4 is 23.1 Å². The summed E-state index contributed by atoms with van der Waals surface area (Å²) in [7, 11) is 1.51. The Labute approximate surface area is 102 Å². The third-order valence-corrected chi connectivity index (χ3v) is 2.11. The maximum absolute atomic E-state index is 13.3. The lowest BCUT2D eigenvalue weighted by Gasteiger charge is -2.06. The maximum Gasteiger partial charge on any atom is 0.224 e. The van der Waals surface area contributed by atoms with Crippen LogP contribution in [0.3, 0.4) is 0 Å². The lowest BCUT2D eigenvalue weighted by atomic mass is 10.4. The number of anilines is 2. The van der Waals surface area contributed by atoms with Gasteiger partial charge in [-0.25, -0.2) is 14.4 Å². The molecule has 2 aromatic heterocycles. The van der Waals surface area contributed by atoms with Gasteiger partial charge in [-0.2, -0.15) is 4.98 Å². The summed E-state index contributed by atoms with van der Waals surface area (Å²) in [6.45, 7) is 0. The van der Waals surface area contributed by atoms with Crippen molar-refractivity contribution in [1.29, 1.82) is 0 Å². The highest BCUT2D eigenvalue weighted by atomic mass is 35.5. The zero-order chi connectivity index (χ0) is 12.3. The predicted molar refractivity (Wildman–Crippen MR) is 61.1 cm³/mol. The number of hydrogen-bond donors (Lipinski definition) is 1. The first-order chi connectivity index (χ1) is 8.19. The molecule has 0 radical (unpaired) electrons. The van der Waals surface area contributed by atoms with E-state index >= 15 is 0 Å². The van der Waals surface area contributed by atoms with Gasteiger partial charge < -0.3 is 10.1 Å². The second-order valence-corrected chi connectivity index (χ2v) is 3.39. The third-order valence-electron chi connectivity index (χ3n) is 1.92. The van der Waals surface area contributed by atoms with E-state index in [4.69, 9.17) is 16.3 Å². The highest BCUT2D eigenvalue weighted by molar-refractivity contribution is 6.28. The average molecular weight is 255 g/mol. The summed E-state index contributed by atoms with van der Waals surface area (Å²) in [6, 6.07) is 3.32. The first kappa shape index (κ1) is 11.5. The fraction of sp³-hybridized carbons (Fsp3) is 0.100. The number of hydrogen-bond acceptors (Lipinski definition) is 5. The Morgan fingerprint density at radius 2 is 2.12 bits per heavy atom. The Bertz CT molecular complexity index is 520. The monoisotopic (exact) mass is 254 g/mol. The molecule has 0 fully saturated rings. The van der Waals surface area contributed by atoms with Crippen molar-refractivity contribution in [3.05, 3.63) is 35.6 Å². The number of nitrogens with one attached hydrogen (secondary N) is 1. The summed E-state index contributed by atoms with van der Waals surface area (Å²) >= 11 is 5.57. The zero-order valence-electron chi connectivity index (χ0n) is 8.82. The molecule has 2 aromatic rings. The minimum atomic E-state index is -0.592. The third kappa shape index (κ3) is 2.79. The van der Waals surface area contributed by atoms with Crippen LogP contribution in [0.1, 0.15) is 0 Å². The number of pyridine rings is 1. The van der Waals surface area contributed by atoms with Crippen LogP contribution in [-0.2, 0) is 0 Å². The number of halogens is 2. The molecule has 0 unspecified atom stereocenters. The molecule has 5 nitrogen and oxygen atoms in total. The molecule has 0 aliphatic heterocycles. The Morgan fingerprint density at radius 3 is 2.76 bits per heavy atom. The Morgan fingerprint density at radius 1 is 1.29 bits per heavy atom. The summed E-state index contributed by atoms with van der Waals surface area (Å²) in [4.78, 5) is 11.2. The summed E-state index contributed by atoms with van der Waals surface area (Å²) in [5.41, 5.74) is 0.569. The van der Waals surface area contributed by atoms with Crippen molar-refractivity contribution in [2.24, 2.45) is 0 Å². The van der Waals surface area contributed by atoms with Crippen LogP contribution in [0.2, 0.25) is 5.28 Å². The van der Waals surface area contributed by atoms with Crippen LogP contribution in [-0.4, -0.2) is 22.1 Å². The van der Waals surface area contributed by atoms with Crippen LogP contribution in [0.5, 0.6) is 5.88 Å². The van der Waals surface area contributed by atoms with Gasteiger partial charge in [0.25, 0.3) is 0 Å². The van der Waals surface area contributed by atoms with Gasteiger partial charge in [0, 0.05) is 6.07 Å². The zero-order valence-corrected chi connectivity index (χ0v) is 9.57. The van der Waals surface area contributed by atoms with Crippen molar-refractivity contribution in [3.8, 4) is 5.88 Å². The van der Waals surface area contributed by atoms with Gasteiger partial charge in [0.2, 0.25) is 11.2 Å². The van der Waals surface area contributed by atoms with Crippen molar-refractivity contribution in [2.75, 3.05) is 12.4 Å². The van der Waals surface area contributed by atoms with E-state index in [0.29, 0.717) is 11.6 Å². The van der Waals surface area contributed by atoms with E-state index in [1.807, 2.05) is 0 Å². The standard InChI is InChI=1S/C10H8ClFN4O/c1-17-8-3-2-6(4-13-8)15-9-7(12)5-14-10(11)16-9/h2-5H,1H3,(H,14,15,16). The normalized spacial score (nSPS) is 10.1. The Balaban J connectivity index is 2.22. The fourth-order valence-corrected chi connectivity index (χ4v) is 1.28. The van der Waals surface area contributed by atoms with Crippen LogP contribution >= 0.6 is 11.6 Å². The molecule has 17 heavy (non-hydrogen) atoms. The number of ether oxygens (including phenoxy) is 1. The fourth-order valence-electron chi connectivity index (χ4n) is 1.14. The quantitative estimate of drug-likeness (QED) is 0.853. The molecule has 0 spiro atoms. The van der Waals surface area contributed by atoms with E-state index in [0.717, 1.165) is 6.20 Å². The SMILES string of the molecule is COc1ccc(Nc2nc(Cl)ncc2F)cn1. The highest BCUT2D eigenvalue weighted by Crippen LogP contribution is 2.19. The Kier molecular flexibility index (Phi) is 3.34. The van der Waals surface area contributed by atoms with Gasteiger partial charge in [-0.3, -0.25) is 0 Å². The molecule has 2 rings (SSSR count). The van der Waals surface area contributed by atoms with Gasteiger partial charge in [-0.05, 0) is 17.7 Å². The van der Waals surface area contributed by atoms with Crippen molar-refractivity contribution in [2.45, 2.75) is 0 Å². The second kappa shape index (κ2) is 4.92. The van der Waals surface area contributed by atoms with E-state index < -0.39 is 5.82 Å². The first-order valence-electron chi connectivity index (χ1n) is 4.64. The minimum Gasteiger partial charge on any atom is -0.481 e. The molecule has 0 aliphatic carbocycles. The topological polar surface area (TPSA) is 59.9 Å². The molecular weight excluding hydrogens is 247 g/mol. The van der Waals surface area contributed by atoms with E-state index in [1.165, 1.54) is 13.3 Å². The van der Waals surface area contributed by atoms with Crippen molar-refractivity contribution in [1.82, 2.24) is 15.0 Å². The molecule has 88 valence electrons. The molecule has 0 saturated carbocycles. The number of methoxy groups -OCH3 is 1. The summed E-state index contributed by atoms with van der Waals surface area (Å²) in [5, 5.41) is 2.70. The van der Waals surface area contributed by atoms with Gasteiger partial charge in [0.15, 0.2) is 11.6 Å². The van der Waals surface area contributed by atoms with E-state index in [-0.39, 0.29) is 11.1 Å². The van der Waals surface area contributed by atoms with Crippen molar-refractivity contribution < 1.29 is 9.13 Å².